The third-order valence-corrected chi connectivity index (χ3v) is 4.14. The molecule has 0 unspecified atom stereocenters. The Kier molecular flexibility index (Phi) is 5.93. The lowest BCUT2D eigenvalue weighted by Crippen LogP contribution is -2.32. The van der Waals surface area contributed by atoms with Crippen molar-refractivity contribution in [2.45, 2.75) is 39.8 Å². The molecule has 0 bridgehead atoms. The van der Waals surface area contributed by atoms with Gasteiger partial charge in [-0.2, -0.15) is 0 Å². The van der Waals surface area contributed by atoms with Crippen LogP contribution in [0.25, 0.3) is 11.1 Å². The highest BCUT2D eigenvalue weighted by atomic mass is 16.7. The number of rotatable bonds is 6. The van der Waals surface area contributed by atoms with Crippen molar-refractivity contribution >= 4 is 16.8 Å². The fraction of sp³-hybridized carbons (Fsp3) is 0.400. The highest BCUT2D eigenvalue weighted by Gasteiger charge is 2.26. The van der Waals surface area contributed by atoms with Gasteiger partial charge in [-0.1, -0.05) is 18.2 Å². The van der Waals surface area contributed by atoms with E-state index in [1.807, 2.05) is 26.0 Å². The van der Waals surface area contributed by atoms with Gasteiger partial charge in [0.2, 0.25) is 0 Å². The van der Waals surface area contributed by atoms with E-state index in [9.17, 15) is 10.2 Å². The molecule has 1 aromatic rings. The van der Waals surface area contributed by atoms with Crippen molar-refractivity contribution in [3.8, 4) is 0 Å². The van der Waals surface area contributed by atoms with Gasteiger partial charge < -0.3 is 25.0 Å². The summed E-state index contributed by atoms with van der Waals surface area (Å²) in [6.07, 6.45) is 5.19. The van der Waals surface area contributed by atoms with Gasteiger partial charge in [-0.05, 0) is 50.5 Å². The molecule has 1 aliphatic heterocycles. The summed E-state index contributed by atoms with van der Waals surface area (Å²) in [5.74, 6) is -0.0140. The smallest absolute Gasteiger partial charge is 0.188 e. The number of allylic oxidation sites excluding steroid dienone is 3. The first kappa shape index (κ1) is 19.1. The van der Waals surface area contributed by atoms with E-state index in [-0.39, 0.29) is 24.7 Å². The molecule has 5 heteroatoms. The number of benzene rings is 1. The Morgan fingerprint density at radius 2 is 2.04 bits per heavy atom. The van der Waals surface area contributed by atoms with Gasteiger partial charge in [-0.25, -0.2) is 0 Å². The molecule has 1 heterocycles. The first-order chi connectivity index (χ1) is 11.8. The van der Waals surface area contributed by atoms with Gasteiger partial charge in [0.05, 0.1) is 12.1 Å². The van der Waals surface area contributed by atoms with Gasteiger partial charge in [0.15, 0.2) is 12.6 Å². The second kappa shape index (κ2) is 7.76. The third kappa shape index (κ3) is 4.06. The van der Waals surface area contributed by atoms with E-state index < -0.39 is 0 Å². The highest BCUT2D eigenvalue weighted by Crippen LogP contribution is 2.39. The van der Waals surface area contributed by atoms with Crippen LogP contribution in [0.2, 0.25) is 0 Å². The van der Waals surface area contributed by atoms with Gasteiger partial charge in [-0.3, -0.25) is 0 Å². The molecule has 2 rings (SSSR count). The Bertz CT molecular complexity index is 729. The molecule has 0 amide bonds. The molecule has 0 atom stereocenters. The van der Waals surface area contributed by atoms with Crippen molar-refractivity contribution in [3.63, 3.8) is 0 Å². The first-order valence-corrected chi connectivity index (χ1v) is 8.26. The summed E-state index contributed by atoms with van der Waals surface area (Å²) in [6.45, 7) is 8.00. The van der Waals surface area contributed by atoms with Crippen molar-refractivity contribution in [3.05, 3.63) is 53.0 Å². The average Bonchev–Trinajstić information content (AvgIpc) is 2.54. The lowest BCUT2D eigenvalue weighted by atomic mass is 9.85. The maximum absolute atomic E-state index is 10.4. The molecule has 3 N–H and O–H groups in total. The van der Waals surface area contributed by atoms with Gasteiger partial charge in [0, 0.05) is 23.9 Å². The molecular weight excluding hydrogens is 318 g/mol. The number of methoxy groups -OCH3 is 1. The molecule has 0 fully saturated rings. The van der Waals surface area contributed by atoms with Gasteiger partial charge in [0.25, 0.3) is 0 Å². The second-order valence-corrected chi connectivity index (χ2v) is 6.63. The van der Waals surface area contributed by atoms with Crippen LogP contribution >= 0.6 is 0 Å². The zero-order valence-corrected chi connectivity index (χ0v) is 15.5. The largest absolute Gasteiger partial charge is 0.504 e. The van der Waals surface area contributed by atoms with E-state index in [1.54, 1.807) is 6.08 Å². The number of aliphatic hydroxyl groups is 2. The van der Waals surface area contributed by atoms with Crippen LogP contribution in [0.5, 0.6) is 0 Å². The SMILES string of the molecule is C/C=C(\C(O)=C/OCOC)c1ccc2c(c1CO)C(C)=CC(C)(C)N2. The summed E-state index contributed by atoms with van der Waals surface area (Å²) < 4.78 is 9.93. The summed E-state index contributed by atoms with van der Waals surface area (Å²) in [5, 5.41) is 23.9. The van der Waals surface area contributed by atoms with Crippen molar-refractivity contribution in [1.82, 2.24) is 0 Å². The maximum Gasteiger partial charge on any atom is 0.188 e. The molecule has 1 aromatic carbocycles. The van der Waals surface area contributed by atoms with Crippen LogP contribution < -0.4 is 5.32 Å². The Balaban J connectivity index is 2.53. The van der Waals surface area contributed by atoms with Crippen molar-refractivity contribution in [2.24, 2.45) is 0 Å². The quantitative estimate of drug-likeness (QED) is 0.312. The summed E-state index contributed by atoms with van der Waals surface area (Å²) in [5.41, 5.74) is 5.04. The molecule has 25 heavy (non-hydrogen) atoms. The third-order valence-electron chi connectivity index (χ3n) is 4.14. The Morgan fingerprint density at radius 3 is 2.64 bits per heavy atom. The molecule has 0 saturated heterocycles. The number of hydrogen-bond donors (Lipinski definition) is 3. The normalized spacial score (nSPS) is 16.8. The Hall–Kier alpha value is -2.24. The van der Waals surface area contributed by atoms with Crippen LogP contribution in [0.4, 0.5) is 5.69 Å². The molecule has 0 aromatic heterocycles. The number of fused-ring (bicyclic) bond motifs is 1. The van der Waals surface area contributed by atoms with E-state index in [4.69, 9.17) is 9.47 Å². The zero-order valence-electron chi connectivity index (χ0n) is 15.5. The van der Waals surface area contributed by atoms with Crippen LogP contribution in [-0.2, 0) is 16.1 Å². The van der Waals surface area contributed by atoms with Crippen LogP contribution in [0.15, 0.2) is 36.3 Å². The summed E-state index contributed by atoms with van der Waals surface area (Å²) in [6, 6.07) is 3.89. The van der Waals surface area contributed by atoms with E-state index >= 15 is 0 Å². The van der Waals surface area contributed by atoms with Gasteiger partial charge >= 0.3 is 0 Å². The Labute approximate surface area is 149 Å². The minimum atomic E-state index is -0.148. The number of aliphatic hydroxyl groups excluding tert-OH is 2. The fourth-order valence-electron chi connectivity index (χ4n) is 3.30. The number of nitrogens with one attached hydrogen (secondary N) is 1. The number of anilines is 1. The van der Waals surface area contributed by atoms with E-state index in [2.05, 4.69) is 25.2 Å². The van der Waals surface area contributed by atoms with Crippen LogP contribution in [0, 0.1) is 0 Å². The molecule has 0 radical (unpaired) electrons. The summed E-state index contributed by atoms with van der Waals surface area (Å²) >= 11 is 0. The van der Waals surface area contributed by atoms with Crippen molar-refractivity contribution in [2.75, 3.05) is 19.2 Å². The van der Waals surface area contributed by atoms with E-state index in [1.165, 1.54) is 13.4 Å². The van der Waals surface area contributed by atoms with Crippen LogP contribution in [0.3, 0.4) is 0 Å². The molecule has 0 spiro atoms. The summed E-state index contributed by atoms with van der Waals surface area (Å²) in [4.78, 5) is 0. The standard InChI is InChI=1S/C20H27NO4/c1-6-14(18(23)11-25-12-24-5)15-7-8-17-19(16(15)10-22)13(2)9-20(3,4)21-17/h6-9,11,21-23H,10,12H2,1-5H3/b14-6-,18-11+. The van der Waals surface area contributed by atoms with Crippen molar-refractivity contribution < 1.29 is 19.7 Å². The predicted molar refractivity (Wildman–Crippen MR) is 101 cm³/mol. The van der Waals surface area contributed by atoms with Gasteiger partial charge in [-0.15, -0.1) is 0 Å². The molecule has 136 valence electrons. The minimum absolute atomic E-state index is 0.0140. The zero-order chi connectivity index (χ0) is 18.6. The monoisotopic (exact) mass is 345 g/mol. The minimum Gasteiger partial charge on any atom is -0.504 e. The van der Waals surface area contributed by atoms with Crippen LogP contribution in [0.1, 0.15) is 44.4 Å². The molecule has 5 nitrogen and oxygen atoms in total. The molecular formula is C20H27NO4. The van der Waals surface area contributed by atoms with Crippen molar-refractivity contribution in [1.29, 1.82) is 0 Å². The highest BCUT2D eigenvalue weighted by molar-refractivity contribution is 5.88. The molecule has 0 aliphatic carbocycles. The fourth-order valence-corrected chi connectivity index (χ4v) is 3.30. The average molecular weight is 345 g/mol. The lowest BCUT2D eigenvalue weighted by Gasteiger charge is -2.33. The van der Waals surface area contributed by atoms with Crippen LogP contribution in [-0.4, -0.2) is 29.7 Å². The number of hydrogen-bond acceptors (Lipinski definition) is 5. The number of ether oxygens (including phenoxy) is 2. The first-order valence-electron chi connectivity index (χ1n) is 8.26. The summed E-state index contributed by atoms with van der Waals surface area (Å²) in [7, 11) is 1.51. The lowest BCUT2D eigenvalue weighted by molar-refractivity contribution is 0.0170. The van der Waals surface area contributed by atoms with Gasteiger partial charge in [0.1, 0.15) is 6.26 Å². The topological polar surface area (TPSA) is 71.0 Å². The Morgan fingerprint density at radius 1 is 1.32 bits per heavy atom. The molecule has 1 aliphatic rings. The maximum atomic E-state index is 10.4. The van der Waals surface area contributed by atoms with E-state index in [0.29, 0.717) is 5.57 Å². The second-order valence-electron chi connectivity index (χ2n) is 6.63. The molecule has 0 saturated carbocycles. The predicted octanol–water partition coefficient (Wildman–Crippen LogP) is 4.21. The van der Waals surface area contributed by atoms with E-state index in [0.717, 1.165) is 28.0 Å².